The Kier molecular flexibility index (Phi) is 6.97. The number of nitrogens with one attached hydrogen (secondary N) is 3. The molecule has 0 saturated carbocycles. The molecule has 30 heavy (non-hydrogen) atoms. The molecular formula is C24H36N6. The molecule has 2 aliphatic rings. The van der Waals surface area contributed by atoms with Gasteiger partial charge < -0.3 is 20.9 Å². The van der Waals surface area contributed by atoms with Crippen LogP contribution in [-0.4, -0.2) is 63.3 Å². The normalized spacial score (nSPS) is 16.9. The summed E-state index contributed by atoms with van der Waals surface area (Å²) in [6.07, 6.45) is 7.71. The van der Waals surface area contributed by atoms with Crippen molar-refractivity contribution >= 4 is 5.95 Å². The van der Waals surface area contributed by atoms with E-state index >= 15 is 0 Å². The van der Waals surface area contributed by atoms with Crippen LogP contribution in [0.3, 0.4) is 0 Å². The van der Waals surface area contributed by atoms with Crippen molar-refractivity contribution in [3.8, 4) is 11.3 Å². The summed E-state index contributed by atoms with van der Waals surface area (Å²) >= 11 is 0. The van der Waals surface area contributed by atoms with Crippen molar-refractivity contribution in [1.29, 1.82) is 0 Å². The van der Waals surface area contributed by atoms with Crippen LogP contribution < -0.4 is 20.9 Å². The molecule has 6 heteroatoms. The molecule has 2 aromatic rings. The summed E-state index contributed by atoms with van der Waals surface area (Å²) in [5, 5.41) is 10.0. The van der Waals surface area contributed by atoms with Crippen molar-refractivity contribution in [2.45, 2.75) is 37.5 Å². The van der Waals surface area contributed by atoms with Crippen molar-refractivity contribution < 1.29 is 0 Å². The van der Waals surface area contributed by atoms with Crippen molar-refractivity contribution in [3.05, 3.63) is 41.6 Å². The molecular weight excluding hydrogens is 372 g/mol. The lowest BCUT2D eigenvalue weighted by Gasteiger charge is -2.42. The Morgan fingerprint density at radius 2 is 1.73 bits per heavy atom. The maximum Gasteiger partial charge on any atom is 0.225 e. The van der Waals surface area contributed by atoms with E-state index in [1.807, 2.05) is 14.1 Å². The number of hydrogen-bond donors (Lipinski definition) is 3. The van der Waals surface area contributed by atoms with Gasteiger partial charge in [0.2, 0.25) is 5.95 Å². The number of anilines is 1. The van der Waals surface area contributed by atoms with E-state index in [1.165, 1.54) is 29.5 Å². The monoisotopic (exact) mass is 408 g/mol. The molecule has 0 unspecified atom stereocenters. The van der Waals surface area contributed by atoms with Crippen LogP contribution in [0.25, 0.3) is 11.3 Å². The first-order valence-corrected chi connectivity index (χ1v) is 11.5. The van der Waals surface area contributed by atoms with Gasteiger partial charge in [0.05, 0.1) is 5.69 Å². The van der Waals surface area contributed by atoms with Crippen LogP contribution in [0.4, 0.5) is 5.95 Å². The molecule has 3 N–H and O–H groups in total. The highest BCUT2D eigenvalue weighted by Crippen LogP contribution is 2.47. The summed E-state index contributed by atoms with van der Waals surface area (Å²) in [4.78, 5) is 12.4. The standard InChI is InChI=1S/C24H36N6/c1-25-11-5-15-30(16-6-12-26-2)23-28-18-19-17-24(9-13-27-14-10-24)21-8-4-3-7-20(21)22(19)29-23/h3-4,7-8,18,25-27H,5-6,9-17H2,1-2H3. The Bertz CT molecular complexity index is 820. The molecule has 0 radical (unpaired) electrons. The van der Waals surface area contributed by atoms with Gasteiger partial charge in [-0.25, -0.2) is 9.97 Å². The van der Waals surface area contributed by atoms with Crippen molar-refractivity contribution in [2.24, 2.45) is 0 Å². The molecule has 2 heterocycles. The third kappa shape index (κ3) is 4.36. The SMILES string of the molecule is CNCCCN(CCCNC)c1ncc2c(n1)-c1ccccc1C1(CCNCC1)C2. The van der Waals surface area contributed by atoms with Gasteiger partial charge in [0.1, 0.15) is 0 Å². The zero-order valence-electron chi connectivity index (χ0n) is 18.5. The molecule has 1 spiro atoms. The Morgan fingerprint density at radius 1 is 1.03 bits per heavy atom. The molecule has 4 rings (SSSR count). The fraction of sp³-hybridized carbons (Fsp3) is 0.583. The van der Waals surface area contributed by atoms with Crippen LogP contribution in [0, 0.1) is 0 Å². The summed E-state index contributed by atoms with van der Waals surface area (Å²) in [5.41, 5.74) is 5.49. The predicted molar refractivity (Wildman–Crippen MR) is 124 cm³/mol. The first-order chi connectivity index (χ1) is 14.8. The van der Waals surface area contributed by atoms with Gasteiger partial charge >= 0.3 is 0 Å². The minimum atomic E-state index is 0.235. The number of nitrogens with zero attached hydrogens (tertiary/aromatic N) is 3. The third-order valence-corrected chi connectivity index (χ3v) is 6.69. The molecule has 162 valence electrons. The highest BCUT2D eigenvalue weighted by Gasteiger charge is 2.40. The van der Waals surface area contributed by atoms with E-state index in [4.69, 9.17) is 9.97 Å². The average molecular weight is 409 g/mol. The molecule has 0 atom stereocenters. The van der Waals surface area contributed by atoms with E-state index in [2.05, 4.69) is 51.3 Å². The molecule has 1 saturated heterocycles. The zero-order chi connectivity index (χ0) is 20.8. The Labute approximate surface area is 180 Å². The number of benzene rings is 1. The number of hydrogen-bond acceptors (Lipinski definition) is 6. The maximum absolute atomic E-state index is 5.15. The Balaban J connectivity index is 1.65. The van der Waals surface area contributed by atoms with E-state index in [1.54, 1.807) is 0 Å². The number of fused-ring (bicyclic) bond motifs is 4. The van der Waals surface area contributed by atoms with Crippen molar-refractivity contribution in [2.75, 3.05) is 58.3 Å². The van der Waals surface area contributed by atoms with Gasteiger partial charge in [-0.05, 0) is 83.5 Å². The topological polar surface area (TPSA) is 65.1 Å². The lowest BCUT2D eigenvalue weighted by Crippen LogP contribution is -2.43. The highest BCUT2D eigenvalue weighted by molar-refractivity contribution is 5.72. The molecule has 6 nitrogen and oxygen atoms in total. The van der Waals surface area contributed by atoms with Gasteiger partial charge in [-0.3, -0.25) is 0 Å². The van der Waals surface area contributed by atoms with E-state index in [9.17, 15) is 0 Å². The Hall–Kier alpha value is -2.02. The van der Waals surface area contributed by atoms with Crippen LogP contribution in [0.1, 0.15) is 36.8 Å². The molecule has 1 aromatic heterocycles. The molecule has 1 aromatic carbocycles. The van der Waals surface area contributed by atoms with Crippen LogP contribution in [0.5, 0.6) is 0 Å². The van der Waals surface area contributed by atoms with Gasteiger partial charge in [0.15, 0.2) is 0 Å². The number of piperidine rings is 1. The second kappa shape index (κ2) is 9.86. The quantitative estimate of drug-likeness (QED) is 0.554. The van der Waals surface area contributed by atoms with E-state index in [-0.39, 0.29) is 5.41 Å². The van der Waals surface area contributed by atoms with Gasteiger partial charge in [-0.1, -0.05) is 24.3 Å². The largest absolute Gasteiger partial charge is 0.341 e. The van der Waals surface area contributed by atoms with Gasteiger partial charge in [0.25, 0.3) is 0 Å². The summed E-state index contributed by atoms with van der Waals surface area (Å²) in [7, 11) is 4.02. The highest BCUT2D eigenvalue weighted by atomic mass is 15.2. The summed E-state index contributed by atoms with van der Waals surface area (Å²) in [5.74, 6) is 0.872. The number of aromatic nitrogens is 2. The second-order valence-corrected chi connectivity index (χ2v) is 8.70. The first kappa shape index (κ1) is 21.2. The van der Waals surface area contributed by atoms with Gasteiger partial charge in [-0.2, -0.15) is 0 Å². The van der Waals surface area contributed by atoms with Crippen LogP contribution >= 0.6 is 0 Å². The van der Waals surface area contributed by atoms with Gasteiger partial charge in [0, 0.05) is 30.3 Å². The molecule has 1 aliphatic heterocycles. The van der Waals surface area contributed by atoms with Crippen molar-refractivity contribution in [1.82, 2.24) is 25.9 Å². The van der Waals surface area contributed by atoms with Gasteiger partial charge in [-0.15, -0.1) is 0 Å². The maximum atomic E-state index is 5.15. The molecule has 0 amide bonds. The smallest absolute Gasteiger partial charge is 0.225 e. The van der Waals surface area contributed by atoms with Crippen molar-refractivity contribution in [3.63, 3.8) is 0 Å². The van der Waals surface area contributed by atoms with E-state index < -0.39 is 0 Å². The summed E-state index contributed by atoms with van der Waals surface area (Å²) in [6.45, 7) is 6.14. The zero-order valence-corrected chi connectivity index (χ0v) is 18.5. The second-order valence-electron chi connectivity index (χ2n) is 8.70. The molecule has 1 fully saturated rings. The number of rotatable bonds is 9. The molecule has 1 aliphatic carbocycles. The summed E-state index contributed by atoms with van der Waals surface area (Å²) in [6, 6.07) is 8.95. The lowest BCUT2D eigenvalue weighted by atomic mass is 9.64. The fourth-order valence-corrected chi connectivity index (χ4v) is 5.08. The first-order valence-electron chi connectivity index (χ1n) is 11.5. The summed E-state index contributed by atoms with van der Waals surface area (Å²) < 4.78 is 0. The van der Waals surface area contributed by atoms with E-state index in [0.717, 1.165) is 70.2 Å². The minimum Gasteiger partial charge on any atom is -0.341 e. The minimum absolute atomic E-state index is 0.235. The van der Waals surface area contributed by atoms with Crippen LogP contribution in [0.2, 0.25) is 0 Å². The fourth-order valence-electron chi connectivity index (χ4n) is 5.08. The average Bonchev–Trinajstić information content (AvgIpc) is 2.79. The molecule has 0 bridgehead atoms. The third-order valence-electron chi connectivity index (χ3n) is 6.69. The Morgan fingerprint density at radius 3 is 2.43 bits per heavy atom. The van der Waals surface area contributed by atoms with E-state index in [0.29, 0.717) is 0 Å². The van der Waals surface area contributed by atoms with Crippen LogP contribution in [0.15, 0.2) is 30.5 Å². The lowest BCUT2D eigenvalue weighted by molar-refractivity contribution is 0.302. The van der Waals surface area contributed by atoms with Crippen LogP contribution in [-0.2, 0) is 11.8 Å². The predicted octanol–water partition coefficient (Wildman–Crippen LogP) is 2.35.